The highest BCUT2D eigenvalue weighted by molar-refractivity contribution is 7.47. The van der Waals surface area contributed by atoms with Gasteiger partial charge in [-0.3, -0.25) is 28.2 Å². The molecule has 7 unspecified atom stereocenters. The number of rotatable bonds is 37. The largest absolute Gasteiger partial charge is 0.508 e. The number of amides is 5. The smallest absolute Gasteiger partial charge is 0.474 e. The minimum atomic E-state index is -5.66. The summed E-state index contributed by atoms with van der Waals surface area (Å²) >= 11 is 0. The molecule has 0 saturated carbocycles. The van der Waals surface area contributed by atoms with Gasteiger partial charge in [0.05, 0.1) is 38.1 Å². The number of carboxylic acids is 1. The number of unbranched alkanes of at least 4 members (excludes halogenated alkanes) is 13. The van der Waals surface area contributed by atoms with E-state index >= 15 is 0 Å². The maximum Gasteiger partial charge on any atom is 0.474 e. The topological polar surface area (TPSA) is 559 Å². The van der Waals surface area contributed by atoms with Gasteiger partial charge in [0.2, 0.25) is 17.7 Å². The highest BCUT2D eigenvalue weighted by Crippen LogP contribution is 2.57. The van der Waals surface area contributed by atoms with E-state index in [4.69, 9.17) is 63.1 Å². The summed E-state index contributed by atoms with van der Waals surface area (Å²) in [6, 6.07) is 9.00. The maximum absolute atomic E-state index is 13.8. The van der Waals surface area contributed by atoms with Gasteiger partial charge in [-0.1, -0.05) is 102 Å². The normalized spacial score (nSPS) is 26.9. The molecule has 5 amide bonds. The first-order valence-electron chi connectivity index (χ1n) is 34.1. The number of nitrogens with zero attached hydrogens (tertiary/aromatic N) is 3. The molecule has 104 heavy (non-hydrogen) atoms. The Morgan fingerprint density at radius 1 is 0.702 bits per heavy atom. The number of phenolic OH excluding ortho intramolecular Hbond substituents is 2. The molecule has 17 atom stereocenters. The van der Waals surface area contributed by atoms with E-state index in [0.717, 1.165) is 43.7 Å². The number of fused-ring (bicyclic) bond motifs is 6. The van der Waals surface area contributed by atoms with Crippen LogP contribution in [0.4, 0.5) is 4.79 Å². The Balaban J connectivity index is 0.831. The number of aromatic hydroxyl groups is 2. The van der Waals surface area contributed by atoms with Crippen LogP contribution in [0.1, 0.15) is 147 Å². The molecule has 4 aromatic rings. The number of phosphoric ester groups is 1. The number of aliphatic carboxylic acids is 1. The van der Waals surface area contributed by atoms with Crippen molar-refractivity contribution in [3.05, 3.63) is 94.3 Å². The zero-order valence-electron chi connectivity index (χ0n) is 56.8. The van der Waals surface area contributed by atoms with E-state index in [0.29, 0.717) is 29.5 Å². The van der Waals surface area contributed by atoms with Crippen LogP contribution in [0.2, 0.25) is 0 Å². The summed E-state index contributed by atoms with van der Waals surface area (Å²) in [5.74, 6) is -6.44. The zero-order chi connectivity index (χ0) is 75.2. The first-order chi connectivity index (χ1) is 49.7. The Kier molecular flexibility index (Phi) is 27.9. The van der Waals surface area contributed by atoms with E-state index in [-0.39, 0.29) is 53.0 Å². The van der Waals surface area contributed by atoms with E-state index in [1.807, 2.05) is 0 Å². The molecule has 0 aliphatic carbocycles. The molecule has 1 aromatic heterocycles. The van der Waals surface area contributed by atoms with Crippen molar-refractivity contribution in [1.29, 1.82) is 0 Å². The average Bonchev–Trinajstić information content (AvgIpc) is 1.50. The molecular weight excluding hydrogens is 1400 g/mol. The van der Waals surface area contributed by atoms with Crippen molar-refractivity contribution in [1.82, 2.24) is 30.9 Å². The Morgan fingerprint density at radius 3 is 1.86 bits per heavy atom. The fraction of sp³-hybridized carbons (Fsp3) is 0.591. The van der Waals surface area contributed by atoms with Gasteiger partial charge in [-0.05, 0) is 42.8 Å². The average molecular weight is 1490 g/mol. The SMILES string of the molecule is CCCCCCCCCCCCCCCCO[C@H](COP(=O)(O)O[C@H]1OC(C(N)=O)[C@@H](O)[C@H](OC(N)=O)C1O[C@@H]1OC(CO)[C@@H](O[C@@H]2OC(CO)[C@H](O)C(O)[C@@H]2NC(=O)Cn2cc(CNC(=O)c3ccc4c(c3)C(=O)OC43c4ccc(O)cc4Oc4cc(O)ccc43)nn2)C(O)[C@@H]1NC(C)=O)C(=O)O. The predicted octanol–water partition coefficient (Wildman–Crippen LogP) is 0.584. The lowest BCUT2D eigenvalue weighted by Crippen LogP contribution is -2.70. The molecule has 38 heteroatoms. The number of carbonyl (C=O) groups is 7. The molecule has 5 aliphatic heterocycles. The number of nitrogens with two attached hydrogens (primary N) is 2. The van der Waals surface area contributed by atoms with Gasteiger partial charge in [-0.15, -0.1) is 5.10 Å². The van der Waals surface area contributed by atoms with Crippen molar-refractivity contribution in [2.24, 2.45) is 11.5 Å². The monoisotopic (exact) mass is 1490 g/mol. The zero-order valence-corrected chi connectivity index (χ0v) is 57.7. The summed E-state index contributed by atoms with van der Waals surface area (Å²) in [7, 11) is -5.66. The quantitative estimate of drug-likeness (QED) is 0.0167. The van der Waals surface area contributed by atoms with Crippen molar-refractivity contribution in [3.63, 3.8) is 0 Å². The number of phenols is 2. The van der Waals surface area contributed by atoms with Gasteiger partial charge in [0.15, 0.2) is 48.9 Å². The molecule has 9 rings (SSSR count). The molecule has 5 aliphatic rings. The van der Waals surface area contributed by atoms with Gasteiger partial charge in [0, 0.05) is 47.9 Å². The lowest BCUT2D eigenvalue weighted by atomic mass is 9.77. The van der Waals surface area contributed by atoms with Crippen molar-refractivity contribution < 1.29 is 141 Å². The number of primary amides is 2. The standard InChI is InChI=1S/C66H89N8O29P/c1-3-4-5-6-7-8-9-10-11-12-13-14-15-16-23-93-46(60(87)88)32-94-104(91,92)103-64-57(55(101-65(68)90)53(84)56(99-64)58(67)85)100-63-49(70-33(2)77)52(83)54(45(31-76)97-63)98-62-48(51(82)50(81)44(30-75)96-62)71-47(80)29-74-28-35(72-73-74)27-69-59(86)34-17-20-39-38(24-34)61(89)102-66(39)40-21-18-36(78)25-42(40)95-43-26-37(79)19-22-41(43)66/h17-22,24-26,28,44-46,48-57,62-64,75-76,78-79,81-84H,3-16,23,27,29-32H2,1-2H3,(H2,67,85)(H2,68,90)(H,69,86)(H,70,77)(H,71,80)(H,87,88)(H,91,92)/t44?,45?,46-,48+,49+,50+,51?,52?,53+,54-,55+,56?,57?,62+,63+,64-/m1/s1. The molecular formula is C66H89N8O29P. The molecule has 37 nitrogen and oxygen atoms in total. The Bertz CT molecular complexity index is 3650. The Hall–Kier alpha value is -8.08. The third-order valence-electron chi connectivity index (χ3n) is 18.1. The van der Waals surface area contributed by atoms with E-state index < -0.39 is 180 Å². The number of aliphatic hydroxyl groups excluding tert-OH is 6. The van der Waals surface area contributed by atoms with E-state index in [1.54, 1.807) is 0 Å². The van der Waals surface area contributed by atoms with Crippen LogP contribution < -0.4 is 32.2 Å². The number of ether oxygens (including phenoxy) is 9. The Morgan fingerprint density at radius 2 is 1.28 bits per heavy atom. The second-order valence-corrected chi connectivity index (χ2v) is 27.1. The molecule has 6 heterocycles. The second kappa shape index (κ2) is 36.3. The molecule has 3 aromatic carbocycles. The summed E-state index contributed by atoms with van der Waals surface area (Å²) in [4.78, 5) is 102. The van der Waals surface area contributed by atoms with Gasteiger partial charge in [-0.2, -0.15) is 0 Å². The lowest BCUT2D eigenvalue weighted by molar-refractivity contribution is -0.357. The van der Waals surface area contributed by atoms with Gasteiger partial charge in [0.1, 0.15) is 90.0 Å². The molecule has 1 spiro atoms. The highest BCUT2D eigenvalue weighted by Gasteiger charge is 2.58. The van der Waals surface area contributed by atoms with Crippen LogP contribution in [-0.4, -0.2) is 232 Å². The van der Waals surface area contributed by atoms with Crippen LogP contribution in [0, 0.1) is 0 Å². The first-order valence-corrected chi connectivity index (χ1v) is 35.6. The second-order valence-electron chi connectivity index (χ2n) is 25.7. The number of carbonyl (C=O) groups excluding carboxylic acids is 6. The van der Waals surface area contributed by atoms with Gasteiger partial charge < -0.3 is 121 Å². The summed E-state index contributed by atoms with van der Waals surface area (Å²) in [6.45, 7) is -1.15. The maximum atomic E-state index is 13.8. The number of aliphatic hydroxyl groups is 6. The molecule has 572 valence electrons. The Labute approximate surface area is 594 Å². The molecule has 3 fully saturated rings. The van der Waals surface area contributed by atoms with Crippen LogP contribution >= 0.6 is 7.82 Å². The first kappa shape index (κ1) is 80.0. The minimum Gasteiger partial charge on any atom is -0.508 e. The number of phosphoric acid groups is 1. The van der Waals surface area contributed by atoms with E-state index in [2.05, 4.69) is 33.2 Å². The number of carboxylic acid groups (broad SMARTS) is 1. The molecule has 17 N–H and O–H groups in total. The highest BCUT2D eigenvalue weighted by atomic mass is 31.2. The van der Waals surface area contributed by atoms with Crippen LogP contribution in [0.3, 0.4) is 0 Å². The van der Waals surface area contributed by atoms with Gasteiger partial charge in [-0.25, -0.2) is 23.6 Å². The van der Waals surface area contributed by atoms with Crippen molar-refractivity contribution in [3.8, 4) is 23.0 Å². The molecule has 0 radical (unpaired) electrons. The third-order valence-corrected chi connectivity index (χ3v) is 19.1. The fourth-order valence-corrected chi connectivity index (χ4v) is 13.8. The van der Waals surface area contributed by atoms with Crippen molar-refractivity contribution in [2.45, 2.75) is 221 Å². The minimum absolute atomic E-state index is 0.0207. The number of benzene rings is 3. The van der Waals surface area contributed by atoms with Gasteiger partial charge in [0.25, 0.3) is 5.91 Å². The van der Waals surface area contributed by atoms with Crippen LogP contribution in [0.15, 0.2) is 60.8 Å². The number of hydrogen-bond donors (Lipinski definition) is 15. The number of aromatic nitrogens is 3. The summed E-state index contributed by atoms with van der Waals surface area (Å²) in [5.41, 5.74) is 10.5. The third kappa shape index (κ3) is 19.5. The van der Waals surface area contributed by atoms with E-state index in [1.165, 1.54) is 106 Å². The van der Waals surface area contributed by atoms with Gasteiger partial charge >= 0.3 is 25.9 Å². The van der Waals surface area contributed by atoms with Crippen molar-refractivity contribution in [2.75, 3.05) is 26.4 Å². The van der Waals surface area contributed by atoms with Crippen LogP contribution in [0.25, 0.3) is 0 Å². The number of esters is 1. The predicted molar refractivity (Wildman–Crippen MR) is 351 cm³/mol. The summed E-state index contributed by atoms with van der Waals surface area (Å²) in [6.07, 6.45) is -14.9. The summed E-state index contributed by atoms with van der Waals surface area (Å²) < 4.78 is 77.1. The molecule has 3 saturated heterocycles. The lowest BCUT2D eigenvalue weighted by Gasteiger charge is -2.49. The van der Waals surface area contributed by atoms with E-state index in [9.17, 15) is 89.0 Å². The van der Waals surface area contributed by atoms with Crippen LogP contribution in [0.5, 0.6) is 23.0 Å². The number of nitrogens with one attached hydrogen (secondary N) is 3. The van der Waals surface area contributed by atoms with Crippen LogP contribution in [-0.2, 0) is 89.4 Å². The summed E-state index contributed by atoms with van der Waals surface area (Å²) in [5, 5.41) is 113. The van der Waals surface area contributed by atoms with Crippen molar-refractivity contribution >= 4 is 49.5 Å². The fourth-order valence-electron chi connectivity index (χ4n) is 13.0. The number of hydrogen-bond acceptors (Lipinski definition) is 29. The molecule has 0 bridgehead atoms.